The lowest BCUT2D eigenvalue weighted by Crippen LogP contribution is -2.39. The molecule has 2 amide bonds. The second kappa shape index (κ2) is 9.89. The predicted octanol–water partition coefficient (Wildman–Crippen LogP) is 4.63. The van der Waals surface area contributed by atoms with Crippen molar-refractivity contribution in [1.82, 2.24) is 15.6 Å². The molecule has 0 aliphatic heterocycles. The van der Waals surface area contributed by atoms with Crippen molar-refractivity contribution in [3.05, 3.63) is 84.2 Å². The number of aromatic nitrogens is 1. The van der Waals surface area contributed by atoms with Gasteiger partial charge in [0.25, 0.3) is 0 Å². The van der Waals surface area contributed by atoms with Crippen LogP contribution in [0.1, 0.15) is 37.9 Å². The second-order valence-electron chi connectivity index (χ2n) is 8.16. The third kappa shape index (κ3) is 6.96. The lowest BCUT2D eigenvalue weighted by molar-refractivity contribution is -0.117. The minimum Gasteiger partial charge on any atom is -0.444 e. The van der Waals surface area contributed by atoms with Gasteiger partial charge in [-0.15, -0.1) is 0 Å². The van der Waals surface area contributed by atoms with E-state index in [-0.39, 0.29) is 12.5 Å². The highest BCUT2D eigenvalue weighted by Crippen LogP contribution is 2.20. The zero-order chi connectivity index (χ0) is 22.3. The summed E-state index contributed by atoms with van der Waals surface area (Å²) in [4.78, 5) is 28.7. The Hall–Kier alpha value is -3.67. The van der Waals surface area contributed by atoms with Crippen molar-refractivity contribution in [3.63, 3.8) is 0 Å². The Morgan fingerprint density at radius 1 is 1.03 bits per heavy atom. The van der Waals surface area contributed by atoms with Gasteiger partial charge in [-0.2, -0.15) is 0 Å². The fourth-order valence-electron chi connectivity index (χ4n) is 3.04. The molecule has 31 heavy (non-hydrogen) atoms. The smallest absolute Gasteiger partial charge is 0.407 e. The zero-order valence-corrected chi connectivity index (χ0v) is 18.0. The van der Waals surface area contributed by atoms with Gasteiger partial charge in [0.05, 0.1) is 6.04 Å². The van der Waals surface area contributed by atoms with Gasteiger partial charge in [-0.3, -0.25) is 9.78 Å². The Kier molecular flexibility index (Phi) is 7.03. The summed E-state index contributed by atoms with van der Waals surface area (Å²) >= 11 is 0. The highest BCUT2D eigenvalue weighted by Gasteiger charge is 2.19. The number of fused-ring (bicyclic) bond motifs is 1. The molecule has 6 heteroatoms. The summed E-state index contributed by atoms with van der Waals surface area (Å²) in [5.41, 5.74) is 1.17. The van der Waals surface area contributed by atoms with Crippen molar-refractivity contribution in [3.8, 4) is 0 Å². The van der Waals surface area contributed by atoms with Crippen LogP contribution in [0.4, 0.5) is 4.79 Å². The molecule has 2 aromatic carbocycles. The van der Waals surface area contributed by atoms with Crippen molar-refractivity contribution in [2.75, 3.05) is 6.54 Å². The Balaban J connectivity index is 1.76. The van der Waals surface area contributed by atoms with Crippen LogP contribution in [0.2, 0.25) is 0 Å². The quantitative estimate of drug-likeness (QED) is 0.573. The van der Waals surface area contributed by atoms with E-state index in [1.807, 2.05) is 54.6 Å². The molecule has 0 saturated heterocycles. The summed E-state index contributed by atoms with van der Waals surface area (Å²) in [6.07, 6.45) is 5.99. The fourth-order valence-corrected chi connectivity index (χ4v) is 3.04. The molecule has 1 heterocycles. The standard InChI is InChI=1S/C25H27N3O3/c1-25(2,3)31-24(30)27-17-22(21-10-9-19-6-4-5-7-20(19)16-21)28-23(29)11-8-18-12-14-26-15-13-18/h4-16,22H,17H2,1-3H3,(H,27,30)(H,28,29)/b11-8+. The van der Waals surface area contributed by atoms with Gasteiger partial charge in [-0.05, 0) is 66.9 Å². The van der Waals surface area contributed by atoms with Crippen LogP contribution in [0.5, 0.6) is 0 Å². The Morgan fingerprint density at radius 2 is 1.74 bits per heavy atom. The third-order valence-electron chi connectivity index (χ3n) is 4.48. The molecule has 0 fully saturated rings. The van der Waals surface area contributed by atoms with Gasteiger partial charge in [0.15, 0.2) is 0 Å². The first kappa shape index (κ1) is 22.0. The maximum Gasteiger partial charge on any atom is 0.407 e. The van der Waals surface area contributed by atoms with Gasteiger partial charge in [0, 0.05) is 25.0 Å². The number of carbonyl (C=O) groups excluding carboxylic acids is 2. The van der Waals surface area contributed by atoms with Gasteiger partial charge in [0.1, 0.15) is 5.60 Å². The predicted molar refractivity (Wildman–Crippen MR) is 122 cm³/mol. The minimum absolute atomic E-state index is 0.197. The van der Waals surface area contributed by atoms with Crippen LogP contribution in [0.3, 0.4) is 0 Å². The normalized spacial score (nSPS) is 12.5. The van der Waals surface area contributed by atoms with Crippen molar-refractivity contribution < 1.29 is 14.3 Å². The number of hydrogen-bond donors (Lipinski definition) is 2. The lowest BCUT2D eigenvalue weighted by atomic mass is 10.0. The lowest BCUT2D eigenvalue weighted by Gasteiger charge is -2.23. The molecule has 1 aromatic heterocycles. The Bertz CT molecular complexity index is 1070. The van der Waals surface area contributed by atoms with Crippen LogP contribution in [-0.2, 0) is 9.53 Å². The number of amides is 2. The van der Waals surface area contributed by atoms with Crippen molar-refractivity contribution in [1.29, 1.82) is 0 Å². The molecule has 3 rings (SSSR count). The van der Waals surface area contributed by atoms with Crippen LogP contribution in [0.15, 0.2) is 73.1 Å². The molecule has 0 bridgehead atoms. The van der Waals surface area contributed by atoms with Gasteiger partial charge >= 0.3 is 6.09 Å². The van der Waals surface area contributed by atoms with Crippen LogP contribution in [0, 0.1) is 0 Å². The number of ether oxygens (including phenoxy) is 1. The number of nitrogens with zero attached hydrogens (tertiary/aromatic N) is 1. The van der Waals surface area contributed by atoms with E-state index in [2.05, 4.69) is 15.6 Å². The summed E-state index contributed by atoms with van der Waals surface area (Å²) in [5.74, 6) is -0.263. The summed E-state index contributed by atoms with van der Waals surface area (Å²) in [6, 6.07) is 17.2. The van der Waals surface area contributed by atoms with Gasteiger partial charge in [0.2, 0.25) is 5.91 Å². The van der Waals surface area contributed by atoms with E-state index in [0.717, 1.165) is 21.9 Å². The number of alkyl carbamates (subject to hydrolysis) is 1. The first-order valence-electron chi connectivity index (χ1n) is 10.1. The summed E-state index contributed by atoms with van der Waals surface area (Å²) in [6.45, 7) is 5.61. The fraction of sp³-hybridized carbons (Fsp3) is 0.240. The minimum atomic E-state index is -0.598. The van der Waals surface area contributed by atoms with Crippen LogP contribution in [-0.4, -0.2) is 29.1 Å². The maximum atomic E-state index is 12.6. The highest BCUT2D eigenvalue weighted by molar-refractivity contribution is 5.92. The molecule has 1 atom stereocenters. The molecule has 1 unspecified atom stereocenters. The van der Waals surface area contributed by atoms with E-state index in [1.165, 1.54) is 6.08 Å². The van der Waals surface area contributed by atoms with E-state index in [0.29, 0.717) is 0 Å². The summed E-state index contributed by atoms with van der Waals surface area (Å²) in [7, 11) is 0. The molecule has 2 N–H and O–H groups in total. The van der Waals surface area contributed by atoms with Crippen molar-refractivity contribution in [2.45, 2.75) is 32.4 Å². The average Bonchev–Trinajstić information content (AvgIpc) is 2.74. The maximum absolute atomic E-state index is 12.6. The molecule has 160 valence electrons. The van der Waals surface area contributed by atoms with Crippen molar-refractivity contribution in [2.24, 2.45) is 0 Å². The van der Waals surface area contributed by atoms with E-state index in [9.17, 15) is 9.59 Å². The van der Waals surface area contributed by atoms with E-state index < -0.39 is 17.7 Å². The van der Waals surface area contributed by atoms with E-state index in [1.54, 1.807) is 39.2 Å². The molecular weight excluding hydrogens is 390 g/mol. The number of rotatable bonds is 6. The van der Waals surface area contributed by atoms with Gasteiger partial charge < -0.3 is 15.4 Å². The molecule has 0 saturated carbocycles. The molecular formula is C25H27N3O3. The van der Waals surface area contributed by atoms with Gasteiger partial charge in [-0.1, -0.05) is 36.4 Å². The van der Waals surface area contributed by atoms with Crippen molar-refractivity contribution >= 4 is 28.8 Å². The zero-order valence-electron chi connectivity index (χ0n) is 18.0. The van der Waals surface area contributed by atoms with Crippen LogP contribution >= 0.6 is 0 Å². The number of pyridine rings is 1. The first-order valence-corrected chi connectivity index (χ1v) is 10.1. The molecule has 0 radical (unpaired) electrons. The first-order chi connectivity index (χ1) is 14.8. The van der Waals surface area contributed by atoms with Gasteiger partial charge in [-0.25, -0.2) is 4.79 Å². The topological polar surface area (TPSA) is 80.3 Å². The molecule has 0 spiro atoms. The third-order valence-corrected chi connectivity index (χ3v) is 4.48. The summed E-state index contributed by atoms with van der Waals surface area (Å²) in [5, 5.41) is 7.90. The molecule has 3 aromatic rings. The van der Waals surface area contributed by atoms with Crippen LogP contribution < -0.4 is 10.6 Å². The Labute approximate surface area is 182 Å². The summed E-state index contributed by atoms with van der Waals surface area (Å²) < 4.78 is 5.32. The van der Waals surface area contributed by atoms with E-state index >= 15 is 0 Å². The molecule has 6 nitrogen and oxygen atoms in total. The number of nitrogens with one attached hydrogen (secondary N) is 2. The largest absolute Gasteiger partial charge is 0.444 e. The monoisotopic (exact) mass is 417 g/mol. The SMILES string of the molecule is CC(C)(C)OC(=O)NCC(NC(=O)/C=C/c1ccncc1)c1ccc2ccccc2c1. The Morgan fingerprint density at radius 3 is 2.45 bits per heavy atom. The molecule has 0 aliphatic carbocycles. The number of benzene rings is 2. The average molecular weight is 418 g/mol. The number of hydrogen-bond acceptors (Lipinski definition) is 4. The van der Waals surface area contributed by atoms with E-state index in [4.69, 9.17) is 4.74 Å². The van der Waals surface area contributed by atoms with Crippen LogP contribution in [0.25, 0.3) is 16.8 Å². The number of carbonyl (C=O) groups is 2. The molecule has 0 aliphatic rings. The highest BCUT2D eigenvalue weighted by atomic mass is 16.6. The second-order valence-corrected chi connectivity index (χ2v) is 8.16.